The standard InChI is InChI=1S/C24H23ClN2O5S/c1-31-19-7-9-20(10-8-19)32-24(28)22-17-21(11-12-23(22)25)33(29,30)27-15-13-26(14-16-27)18-5-3-2-4-6-18/h2-12,17H,13-16H2,1H3. The summed E-state index contributed by atoms with van der Waals surface area (Å²) in [7, 11) is -2.26. The van der Waals surface area contributed by atoms with Gasteiger partial charge in [-0.1, -0.05) is 29.8 Å². The molecule has 0 saturated carbocycles. The third-order valence-electron chi connectivity index (χ3n) is 5.43. The molecule has 0 atom stereocenters. The van der Waals surface area contributed by atoms with E-state index in [1.54, 1.807) is 24.3 Å². The number of hydrogen-bond donors (Lipinski definition) is 0. The van der Waals surface area contributed by atoms with Gasteiger partial charge in [0, 0.05) is 31.9 Å². The molecule has 7 nitrogen and oxygen atoms in total. The first-order valence-corrected chi connectivity index (χ1v) is 12.2. The van der Waals surface area contributed by atoms with Crippen molar-refractivity contribution in [3.63, 3.8) is 0 Å². The van der Waals surface area contributed by atoms with Gasteiger partial charge in [0.05, 0.1) is 22.6 Å². The predicted octanol–water partition coefficient (Wildman–Crippen LogP) is 4.08. The summed E-state index contributed by atoms with van der Waals surface area (Å²) in [5.74, 6) is 0.173. The van der Waals surface area contributed by atoms with Gasteiger partial charge < -0.3 is 14.4 Å². The molecule has 0 amide bonds. The van der Waals surface area contributed by atoms with Crippen molar-refractivity contribution in [2.24, 2.45) is 0 Å². The molecule has 0 spiro atoms. The third kappa shape index (κ3) is 5.13. The fourth-order valence-corrected chi connectivity index (χ4v) is 5.25. The van der Waals surface area contributed by atoms with E-state index in [2.05, 4.69) is 4.90 Å². The molecule has 3 aromatic rings. The lowest BCUT2D eigenvalue weighted by Crippen LogP contribution is -2.48. The Morgan fingerprint density at radius 1 is 0.879 bits per heavy atom. The Morgan fingerprint density at radius 3 is 2.15 bits per heavy atom. The summed E-state index contributed by atoms with van der Waals surface area (Å²) in [4.78, 5) is 14.8. The Hall–Kier alpha value is -3.07. The Kier molecular flexibility index (Phi) is 6.88. The first-order chi connectivity index (χ1) is 15.9. The lowest BCUT2D eigenvalue weighted by atomic mass is 10.2. The van der Waals surface area contributed by atoms with Crippen molar-refractivity contribution in [3.8, 4) is 11.5 Å². The fourth-order valence-electron chi connectivity index (χ4n) is 3.60. The van der Waals surface area contributed by atoms with E-state index in [1.165, 1.54) is 29.6 Å². The number of methoxy groups -OCH3 is 1. The molecule has 3 aromatic carbocycles. The molecule has 0 aromatic heterocycles. The number of ether oxygens (including phenoxy) is 2. The number of hydrogen-bond acceptors (Lipinski definition) is 6. The molecule has 0 aliphatic carbocycles. The van der Waals surface area contributed by atoms with Gasteiger partial charge in [-0.2, -0.15) is 4.31 Å². The second kappa shape index (κ2) is 9.82. The van der Waals surface area contributed by atoms with Gasteiger partial charge in [0.25, 0.3) is 0 Å². The van der Waals surface area contributed by atoms with Crippen LogP contribution in [0, 0.1) is 0 Å². The number of piperazine rings is 1. The summed E-state index contributed by atoms with van der Waals surface area (Å²) < 4.78 is 38.4. The van der Waals surface area contributed by atoms with Crippen LogP contribution in [0.3, 0.4) is 0 Å². The molecule has 0 bridgehead atoms. The zero-order valence-electron chi connectivity index (χ0n) is 18.0. The van der Waals surface area contributed by atoms with Gasteiger partial charge in [-0.15, -0.1) is 0 Å². The van der Waals surface area contributed by atoms with Crippen LogP contribution in [0.1, 0.15) is 10.4 Å². The number of nitrogens with zero attached hydrogens (tertiary/aromatic N) is 2. The Labute approximate surface area is 198 Å². The predicted molar refractivity (Wildman–Crippen MR) is 127 cm³/mol. The highest BCUT2D eigenvalue weighted by Gasteiger charge is 2.30. The lowest BCUT2D eigenvalue weighted by molar-refractivity contribution is 0.0734. The average molecular weight is 487 g/mol. The van der Waals surface area contributed by atoms with E-state index >= 15 is 0 Å². The van der Waals surface area contributed by atoms with Gasteiger partial charge in [-0.05, 0) is 54.6 Å². The van der Waals surface area contributed by atoms with Crippen LogP contribution in [-0.4, -0.2) is 52.0 Å². The van der Waals surface area contributed by atoms with Gasteiger partial charge in [0.2, 0.25) is 10.0 Å². The molecule has 4 rings (SSSR count). The quantitative estimate of drug-likeness (QED) is 0.386. The fraction of sp³-hybridized carbons (Fsp3) is 0.208. The minimum Gasteiger partial charge on any atom is -0.497 e. The van der Waals surface area contributed by atoms with Crippen LogP contribution >= 0.6 is 11.6 Å². The van der Waals surface area contributed by atoms with Crippen molar-refractivity contribution in [1.29, 1.82) is 0 Å². The Balaban J connectivity index is 1.49. The van der Waals surface area contributed by atoms with Crippen LogP contribution in [0.5, 0.6) is 11.5 Å². The molecule has 1 heterocycles. The summed E-state index contributed by atoms with van der Waals surface area (Å²) in [5, 5.41) is 0.112. The number of anilines is 1. The van der Waals surface area contributed by atoms with Crippen LogP contribution in [0.25, 0.3) is 0 Å². The highest BCUT2D eigenvalue weighted by Crippen LogP contribution is 2.26. The second-order valence-electron chi connectivity index (χ2n) is 7.43. The molecule has 33 heavy (non-hydrogen) atoms. The molecule has 1 saturated heterocycles. The first-order valence-electron chi connectivity index (χ1n) is 10.3. The van der Waals surface area contributed by atoms with Crippen molar-refractivity contribution in [3.05, 3.63) is 83.4 Å². The zero-order valence-corrected chi connectivity index (χ0v) is 19.6. The Bertz CT molecular complexity index is 1230. The number of esters is 1. The van der Waals surface area contributed by atoms with Gasteiger partial charge >= 0.3 is 5.97 Å². The van der Waals surface area contributed by atoms with Crippen LogP contribution in [0.2, 0.25) is 5.02 Å². The van der Waals surface area contributed by atoms with Crippen LogP contribution < -0.4 is 14.4 Å². The molecule has 1 aliphatic heterocycles. The van der Waals surface area contributed by atoms with Gasteiger partial charge in [0.1, 0.15) is 11.5 Å². The van der Waals surface area contributed by atoms with E-state index in [0.717, 1.165) is 5.69 Å². The van der Waals surface area contributed by atoms with Crippen molar-refractivity contribution >= 4 is 33.3 Å². The average Bonchev–Trinajstić information content (AvgIpc) is 2.85. The maximum Gasteiger partial charge on any atom is 0.345 e. The number of halogens is 1. The van der Waals surface area contributed by atoms with E-state index in [-0.39, 0.29) is 15.5 Å². The summed E-state index contributed by atoms with van der Waals surface area (Å²) in [5.41, 5.74) is 1.04. The first kappa shape index (κ1) is 23.1. The molecule has 1 fully saturated rings. The molecule has 0 unspecified atom stereocenters. The largest absolute Gasteiger partial charge is 0.497 e. The third-order valence-corrected chi connectivity index (χ3v) is 7.65. The van der Waals surface area contributed by atoms with E-state index in [4.69, 9.17) is 21.1 Å². The van der Waals surface area contributed by atoms with Crippen molar-refractivity contribution < 1.29 is 22.7 Å². The highest BCUT2D eigenvalue weighted by atomic mass is 35.5. The molecular formula is C24H23ClN2O5S. The smallest absolute Gasteiger partial charge is 0.345 e. The van der Waals surface area contributed by atoms with E-state index < -0.39 is 16.0 Å². The van der Waals surface area contributed by atoms with E-state index in [1.807, 2.05) is 30.3 Å². The van der Waals surface area contributed by atoms with Gasteiger partial charge in [0.15, 0.2) is 0 Å². The summed E-state index contributed by atoms with van der Waals surface area (Å²) in [6.07, 6.45) is 0. The summed E-state index contributed by atoms with van der Waals surface area (Å²) >= 11 is 6.19. The monoisotopic (exact) mass is 486 g/mol. The highest BCUT2D eigenvalue weighted by molar-refractivity contribution is 7.89. The van der Waals surface area contributed by atoms with Crippen LogP contribution in [0.15, 0.2) is 77.7 Å². The molecule has 0 N–H and O–H groups in total. The van der Waals surface area contributed by atoms with Gasteiger partial charge in [-0.25, -0.2) is 13.2 Å². The van der Waals surface area contributed by atoms with Crippen molar-refractivity contribution in [2.45, 2.75) is 4.90 Å². The molecular weight excluding hydrogens is 464 g/mol. The minimum atomic E-state index is -3.80. The topological polar surface area (TPSA) is 76.1 Å². The molecule has 0 radical (unpaired) electrons. The number of carbonyl (C=O) groups excluding carboxylic acids is 1. The van der Waals surface area contributed by atoms with Crippen molar-refractivity contribution in [1.82, 2.24) is 4.31 Å². The van der Waals surface area contributed by atoms with Crippen LogP contribution in [-0.2, 0) is 10.0 Å². The van der Waals surface area contributed by atoms with E-state index in [0.29, 0.717) is 37.7 Å². The number of para-hydroxylation sites is 1. The van der Waals surface area contributed by atoms with E-state index in [9.17, 15) is 13.2 Å². The molecule has 1 aliphatic rings. The maximum absolute atomic E-state index is 13.2. The molecule has 9 heteroatoms. The number of sulfonamides is 1. The lowest BCUT2D eigenvalue weighted by Gasteiger charge is -2.35. The maximum atomic E-state index is 13.2. The zero-order chi connectivity index (χ0) is 23.4. The summed E-state index contributed by atoms with van der Waals surface area (Å²) in [6.45, 7) is 1.82. The SMILES string of the molecule is COc1ccc(OC(=O)c2cc(S(=O)(=O)N3CCN(c4ccccc4)CC3)ccc2Cl)cc1. The number of benzene rings is 3. The normalized spacial score (nSPS) is 14.7. The van der Waals surface area contributed by atoms with Crippen LogP contribution in [0.4, 0.5) is 5.69 Å². The molecule has 172 valence electrons. The second-order valence-corrected chi connectivity index (χ2v) is 9.78. The number of rotatable bonds is 6. The van der Waals surface area contributed by atoms with Gasteiger partial charge in [-0.3, -0.25) is 0 Å². The van der Waals surface area contributed by atoms with Crippen molar-refractivity contribution in [2.75, 3.05) is 38.2 Å². The minimum absolute atomic E-state index is 0.00161. The number of carbonyl (C=O) groups is 1. The Morgan fingerprint density at radius 2 is 1.52 bits per heavy atom. The summed E-state index contributed by atoms with van der Waals surface area (Å²) in [6, 6.07) is 20.4.